The van der Waals surface area contributed by atoms with Gasteiger partial charge in [-0.2, -0.15) is 0 Å². The summed E-state index contributed by atoms with van der Waals surface area (Å²) in [7, 11) is 0. The fourth-order valence-corrected chi connectivity index (χ4v) is 2.81. The first-order valence-electron chi connectivity index (χ1n) is 7.30. The summed E-state index contributed by atoms with van der Waals surface area (Å²) >= 11 is 0. The van der Waals surface area contributed by atoms with Crippen molar-refractivity contribution < 1.29 is 9.21 Å². The lowest BCUT2D eigenvalue weighted by atomic mass is 9.96. The number of nitrogens with zero attached hydrogens (tertiary/aromatic N) is 1. The van der Waals surface area contributed by atoms with E-state index in [2.05, 4.69) is 5.32 Å². The highest BCUT2D eigenvalue weighted by atomic mass is 16.3. The molecule has 2 fully saturated rings. The van der Waals surface area contributed by atoms with Crippen LogP contribution in [-0.2, 0) is 11.3 Å². The summed E-state index contributed by atoms with van der Waals surface area (Å²) in [5.74, 6) is 2.36. The van der Waals surface area contributed by atoms with Gasteiger partial charge in [-0.15, -0.1) is 0 Å². The van der Waals surface area contributed by atoms with Crippen LogP contribution in [0.15, 0.2) is 16.5 Å². The molecular weight excluding hydrogens is 240 g/mol. The number of aryl methyl sites for hydroxylation is 1. The van der Waals surface area contributed by atoms with E-state index < -0.39 is 0 Å². The smallest absolute Gasteiger partial charge is 0.226 e. The minimum atomic E-state index is 0.206. The molecule has 0 unspecified atom stereocenters. The lowest BCUT2D eigenvalue weighted by Crippen LogP contribution is -2.41. The number of rotatable bonds is 4. The third kappa shape index (κ3) is 3.00. The van der Waals surface area contributed by atoms with Crippen molar-refractivity contribution in [3.05, 3.63) is 23.7 Å². The summed E-state index contributed by atoms with van der Waals surface area (Å²) in [6.45, 7) is 4.52. The highest BCUT2D eigenvalue weighted by Crippen LogP contribution is 2.31. The van der Waals surface area contributed by atoms with Gasteiger partial charge in [-0.1, -0.05) is 0 Å². The molecule has 1 saturated carbocycles. The van der Waals surface area contributed by atoms with Gasteiger partial charge in [0.1, 0.15) is 11.5 Å². The van der Waals surface area contributed by atoms with Gasteiger partial charge >= 0.3 is 0 Å². The van der Waals surface area contributed by atoms with Crippen molar-refractivity contribution in [2.24, 2.45) is 5.92 Å². The molecule has 0 radical (unpaired) electrons. The maximum Gasteiger partial charge on any atom is 0.226 e. The van der Waals surface area contributed by atoms with Gasteiger partial charge in [0.25, 0.3) is 0 Å². The summed E-state index contributed by atoms with van der Waals surface area (Å²) < 4.78 is 5.62. The van der Waals surface area contributed by atoms with Gasteiger partial charge in [-0.25, -0.2) is 0 Å². The zero-order chi connectivity index (χ0) is 13.2. The largest absolute Gasteiger partial charge is 0.464 e. The molecule has 104 valence electrons. The summed E-state index contributed by atoms with van der Waals surface area (Å²) in [4.78, 5) is 14.7. The molecule has 19 heavy (non-hydrogen) atoms. The van der Waals surface area contributed by atoms with Crippen LogP contribution in [0.2, 0.25) is 0 Å². The maximum atomic E-state index is 12.6. The second-order valence-electron chi connectivity index (χ2n) is 5.73. The van der Waals surface area contributed by atoms with Crippen molar-refractivity contribution in [3.8, 4) is 0 Å². The Hall–Kier alpha value is -1.29. The molecule has 1 aliphatic carbocycles. The molecule has 0 spiro atoms. The summed E-state index contributed by atoms with van der Waals surface area (Å²) in [5.41, 5.74) is 0. The van der Waals surface area contributed by atoms with Crippen LogP contribution in [0.5, 0.6) is 0 Å². The standard InChI is InChI=1S/C15H22N2O2/c1-11-2-5-14(19-11)10-17(13-3-4-13)15(18)12-6-8-16-9-7-12/h2,5,12-13,16H,3-4,6-10H2,1H3. The second kappa shape index (κ2) is 5.37. The Bertz CT molecular complexity index is 445. The van der Waals surface area contributed by atoms with Gasteiger partial charge in [0.15, 0.2) is 0 Å². The SMILES string of the molecule is Cc1ccc(CN(C(=O)C2CCNCC2)C2CC2)o1. The van der Waals surface area contributed by atoms with E-state index in [1.54, 1.807) is 0 Å². The summed E-state index contributed by atoms with van der Waals surface area (Å²) in [6, 6.07) is 4.41. The predicted molar refractivity (Wildman–Crippen MR) is 72.6 cm³/mol. The Morgan fingerprint density at radius 2 is 2.05 bits per heavy atom. The van der Waals surface area contributed by atoms with Crippen molar-refractivity contribution in [1.29, 1.82) is 0 Å². The highest BCUT2D eigenvalue weighted by molar-refractivity contribution is 5.79. The predicted octanol–water partition coefficient (Wildman–Crippen LogP) is 2.08. The summed E-state index contributed by atoms with van der Waals surface area (Å²) in [5, 5.41) is 3.32. The van der Waals surface area contributed by atoms with Crippen LogP contribution in [-0.4, -0.2) is 29.9 Å². The Kier molecular flexibility index (Phi) is 3.60. The molecule has 0 atom stereocenters. The molecule has 1 N–H and O–H groups in total. The van der Waals surface area contributed by atoms with E-state index in [-0.39, 0.29) is 5.92 Å². The Balaban J connectivity index is 1.67. The number of nitrogens with one attached hydrogen (secondary N) is 1. The monoisotopic (exact) mass is 262 g/mol. The van der Waals surface area contributed by atoms with E-state index in [9.17, 15) is 4.79 Å². The second-order valence-corrected chi connectivity index (χ2v) is 5.73. The molecule has 1 aliphatic heterocycles. The summed E-state index contributed by atoms with van der Waals surface area (Å²) in [6.07, 6.45) is 4.24. The minimum Gasteiger partial charge on any atom is -0.464 e. The fourth-order valence-electron chi connectivity index (χ4n) is 2.81. The zero-order valence-electron chi connectivity index (χ0n) is 11.5. The lowest BCUT2D eigenvalue weighted by molar-refractivity contribution is -0.137. The number of piperidine rings is 1. The number of hydrogen-bond acceptors (Lipinski definition) is 3. The Morgan fingerprint density at radius 3 is 2.63 bits per heavy atom. The third-order valence-corrected chi connectivity index (χ3v) is 4.08. The van der Waals surface area contributed by atoms with Gasteiger partial charge in [0, 0.05) is 12.0 Å². The first-order valence-corrected chi connectivity index (χ1v) is 7.30. The minimum absolute atomic E-state index is 0.206. The van der Waals surface area contributed by atoms with Crippen LogP contribution in [0.3, 0.4) is 0 Å². The molecule has 1 aromatic rings. The fraction of sp³-hybridized carbons (Fsp3) is 0.667. The average Bonchev–Trinajstić information content (AvgIpc) is 3.20. The number of carbonyl (C=O) groups is 1. The molecule has 4 heteroatoms. The quantitative estimate of drug-likeness (QED) is 0.903. The van der Waals surface area contributed by atoms with E-state index in [4.69, 9.17) is 4.42 Å². The first kappa shape index (κ1) is 12.7. The number of carbonyl (C=O) groups excluding carboxylic acids is 1. The van der Waals surface area contributed by atoms with Gasteiger partial charge in [0.2, 0.25) is 5.91 Å². The normalized spacial score (nSPS) is 20.5. The highest BCUT2D eigenvalue weighted by Gasteiger charge is 2.36. The van der Waals surface area contributed by atoms with Crippen molar-refractivity contribution in [2.75, 3.05) is 13.1 Å². The van der Waals surface area contributed by atoms with E-state index >= 15 is 0 Å². The molecule has 1 aromatic heterocycles. The van der Waals surface area contributed by atoms with Crippen LogP contribution in [0.4, 0.5) is 0 Å². The van der Waals surface area contributed by atoms with Crippen LogP contribution < -0.4 is 5.32 Å². The molecule has 4 nitrogen and oxygen atoms in total. The molecule has 0 bridgehead atoms. The van der Waals surface area contributed by atoms with E-state index in [1.165, 1.54) is 0 Å². The van der Waals surface area contributed by atoms with Crippen LogP contribution in [0.1, 0.15) is 37.2 Å². The van der Waals surface area contributed by atoms with E-state index in [0.29, 0.717) is 18.5 Å². The zero-order valence-corrected chi connectivity index (χ0v) is 11.5. The first-order chi connectivity index (χ1) is 9.24. The van der Waals surface area contributed by atoms with Crippen molar-refractivity contribution in [3.63, 3.8) is 0 Å². The van der Waals surface area contributed by atoms with Gasteiger partial charge < -0.3 is 14.6 Å². The average molecular weight is 262 g/mol. The van der Waals surface area contributed by atoms with Crippen molar-refractivity contribution in [1.82, 2.24) is 10.2 Å². The number of amides is 1. The van der Waals surface area contributed by atoms with Gasteiger partial charge in [-0.3, -0.25) is 4.79 Å². The topological polar surface area (TPSA) is 45.5 Å². The van der Waals surface area contributed by atoms with Crippen molar-refractivity contribution >= 4 is 5.91 Å². The van der Waals surface area contributed by atoms with Gasteiger partial charge in [0.05, 0.1) is 6.54 Å². The number of furan rings is 1. The van der Waals surface area contributed by atoms with Crippen LogP contribution in [0.25, 0.3) is 0 Å². The van der Waals surface area contributed by atoms with Crippen molar-refractivity contribution in [2.45, 2.75) is 45.2 Å². The van der Waals surface area contributed by atoms with Gasteiger partial charge in [-0.05, 0) is 57.8 Å². The molecule has 1 amide bonds. The molecule has 2 aliphatic rings. The molecule has 3 rings (SSSR count). The molecule has 2 heterocycles. The Labute approximate surface area is 114 Å². The molecular formula is C15H22N2O2. The van der Waals surface area contributed by atoms with E-state index in [1.807, 2.05) is 24.0 Å². The lowest BCUT2D eigenvalue weighted by Gasteiger charge is -2.29. The maximum absolute atomic E-state index is 12.6. The van der Waals surface area contributed by atoms with E-state index in [0.717, 1.165) is 50.3 Å². The number of hydrogen-bond donors (Lipinski definition) is 1. The van der Waals surface area contributed by atoms with Crippen LogP contribution >= 0.6 is 0 Å². The molecule has 1 saturated heterocycles. The van der Waals surface area contributed by atoms with Crippen LogP contribution in [0, 0.1) is 12.8 Å². The Morgan fingerprint density at radius 1 is 1.32 bits per heavy atom. The third-order valence-electron chi connectivity index (χ3n) is 4.08. The molecule has 0 aromatic carbocycles.